The van der Waals surface area contributed by atoms with Gasteiger partial charge in [0.25, 0.3) is 11.6 Å². The molecule has 3 aromatic heterocycles. The van der Waals surface area contributed by atoms with Crippen LogP contribution in [-0.2, 0) is 6.18 Å². The quantitative estimate of drug-likeness (QED) is 0.712. The number of hydrogen-bond donors (Lipinski definition) is 1. The lowest BCUT2D eigenvalue weighted by molar-refractivity contribution is -0.136. The van der Waals surface area contributed by atoms with Crippen LogP contribution in [0.4, 0.5) is 13.2 Å². The molecule has 0 radical (unpaired) electrons. The number of H-pyrrole nitrogens is 1. The summed E-state index contributed by atoms with van der Waals surface area (Å²) in [6, 6.07) is 1.06. The van der Waals surface area contributed by atoms with Crippen molar-refractivity contribution >= 4 is 17.0 Å². The molecule has 0 bridgehead atoms. The Balaban J connectivity index is 1.73. The number of nitrogens with zero attached hydrogens (tertiary/aromatic N) is 5. The first kappa shape index (κ1) is 19.3. The van der Waals surface area contributed by atoms with Gasteiger partial charge in [-0.3, -0.25) is 4.79 Å². The van der Waals surface area contributed by atoms with Crippen molar-refractivity contribution in [3.8, 4) is 0 Å². The maximum absolute atomic E-state index is 13.8. The number of carbonyl (C=O) groups is 1. The number of likely N-dealkylation sites (tertiary alicyclic amines) is 1. The number of piperidine rings is 1. The van der Waals surface area contributed by atoms with Gasteiger partial charge in [0.2, 0.25) is 0 Å². The molecule has 0 aromatic carbocycles. The number of alkyl halides is 3. The fourth-order valence-corrected chi connectivity index (χ4v) is 3.64. The fraction of sp³-hybridized carbons (Fsp3) is 0.500. The van der Waals surface area contributed by atoms with Gasteiger partial charge < -0.3 is 9.42 Å². The number of fused-ring (bicyclic) bond motifs is 1. The van der Waals surface area contributed by atoms with Gasteiger partial charge in [0.05, 0.1) is 22.8 Å². The highest BCUT2D eigenvalue weighted by Gasteiger charge is 2.38. The van der Waals surface area contributed by atoms with Gasteiger partial charge in [-0.05, 0) is 24.8 Å². The number of amides is 1. The third-order valence-electron chi connectivity index (χ3n) is 5.12. The minimum Gasteiger partial charge on any atom is -0.337 e. The summed E-state index contributed by atoms with van der Waals surface area (Å²) in [5, 5.41) is 13.6. The van der Waals surface area contributed by atoms with E-state index in [2.05, 4.69) is 25.6 Å². The van der Waals surface area contributed by atoms with Crippen LogP contribution in [-0.4, -0.2) is 49.4 Å². The zero-order chi connectivity index (χ0) is 20.8. The molecule has 29 heavy (non-hydrogen) atoms. The first-order valence-electron chi connectivity index (χ1n) is 9.28. The molecule has 0 spiro atoms. The number of halogens is 3. The molecule has 1 aliphatic heterocycles. The molecule has 4 rings (SSSR count). The molecular weight excluding hydrogens is 389 g/mol. The molecule has 4 heterocycles. The smallest absolute Gasteiger partial charge is 0.337 e. The molecule has 1 fully saturated rings. The van der Waals surface area contributed by atoms with Gasteiger partial charge >= 0.3 is 6.18 Å². The molecule has 11 heteroatoms. The van der Waals surface area contributed by atoms with Gasteiger partial charge in [0, 0.05) is 24.7 Å². The SMILES string of the molecule is CC(C)c1cc(C(F)(F)F)c2c([C@@H]3CCCN(C(=O)c4cn[nH]n4)C3)noc2n1. The Morgan fingerprint density at radius 3 is 2.83 bits per heavy atom. The van der Waals surface area contributed by atoms with Crippen molar-refractivity contribution in [3.05, 3.63) is 34.9 Å². The molecule has 0 unspecified atom stereocenters. The first-order valence-corrected chi connectivity index (χ1v) is 9.28. The van der Waals surface area contributed by atoms with Gasteiger partial charge in [-0.25, -0.2) is 4.98 Å². The normalized spacial score (nSPS) is 18.0. The summed E-state index contributed by atoms with van der Waals surface area (Å²) < 4.78 is 46.6. The van der Waals surface area contributed by atoms with Crippen LogP contribution < -0.4 is 0 Å². The van der Waals surface area contributed by atoms with Crippen LogP contribution >= 0.6 is 0 Å². The van der Waals surface area contributed by atoms with Crippen LogP contribution in [0.3, 0.4) is 0 Å². The largest absolute Gasteiger partial charge is 0.417 e. The molecule has 0 aliphatic carbocycles. The maximum atomic E-state index is 13.8. The second-order valence-electron chi connectivity index (χ2n) is 7.44. The van der Waals surface area contributed by atoms with Crippen molar-refractivity contribution in [2.75, 3.05) is 13.1 Å². The molecule has 1 aliphatic rings. The van der Waals surface area contributed by atoms with Crippen LogP contribution in [0.1, 0.15) is 66.0 Å². The summed E-state index contributed by atoms with van der Waals surface area (Å²) in [5.41, 5.74) is -0.289. The summed E-state index contributed by atoms with van der Waals surface area (Å²) in [5.74, 6) is -0.916. The molecule has 1 saturated heterocycles. The minimum atomic E-state index is -4.57. The van der Waals surface area contributed by atoms with Gasteiger partial charge in [-0.15, -0.1) is 0 Å². The van der Waals surface area contributed by atoms with E-state index in [0.717, 1.165) is 6.07 Å². The third kappa shape index (κ3) is 3.56. The molecule has 154 valence electrons. The number of aromatic amines is 1. The van der Waals surface area contributed by atoms with Crippen LogP contribution in [0, 0.1) is 0 Å². The molecule has 1 N–H and O–H groups in total. The summed E-state index contributed by atoms with van der Waals surface area (Å²) in [6.07, 6.45) is -2.04. The Hall–Kier alpha value is -2.98. The summed E-state index contributed by atoms with van der Waals surface area (Å²) in [7, 11) is 0. The van der Waals surface area contributed by atoms with E-state index >= 15 is 0 Å². The number of carbonyl (C=O) groups excluding carboxylic acids is 1. The van der Waals surface area contributed by atoms with Crippen LogP contribution in [0.15, 0.2) is 16.8 Å². The van der Waals surface area contributed by atoms with Gasteiger partial charge in [0.15, 0.2) is 5.69 Å². The van der Waals surface area contributed by atoms with Gasteiger partial charge in [-0.2, -0.15) is 28.6 Å². The Labute approximate surface area is 163 Å². The van der Waals surface area contributed by atoms with Crippen molar-refractivity contribution in [1.82, 2.24) is 30.5 Å². The average Bonchev–Trinajstić information content (AvgIpc) is 3.35. The van der Waals surface area contributed by atoms with Crippen LogP contribution in [0.5, 0.6) is 0 Å². The highest BCUT2D eigenvalue weighted by atomic mass is 19.4. The Bertz CT molecular complexity index is 1030. The molecule has 0 saturated carbocycles. The molecular formula is C18H19F3N6O2. The summed E-state index contributed by atoms with van der Waals surface area (Å²) >= 11 is 0. The highest BCUT2D eigenvalue weighted by Crippen LogP contribution is 2.40. The van der Waals surface area contributed by atoms with Gasteiger partial charge in [-0.1, -0.05) is 19.0 Å². The van der Waals surface area contributed by atoms with E-state index in [4.69, 9.17) is 4.52 Å². The number of nitrogens with one attached hydrogen (secondary N) is 1. The standard InChI is InChI=1S/C18H19F3N6O2/c1-9(2)12-6-11(18(19,20)21)14-15(25-29-16(14)23-12)10-4-3-5-27(8-10)17(28)13-7-22-26-24-13/h6-7,9-10H,3-5,8H2,1-2H3,(H,22,24,26)/t10-/m1/s1. The maximum Gasteiger partial charge on any atom is 0.417 e. The second kappa shape index (κ2) is 7.12. The number of hydrogen-bond acceptors (Lipinski definition) is 6. The monoisotopic (exact) mass is 408 g/mol. The Kier molecular flexibility index (Phi) is 4.75. The number of aromatic nitrogens is 5. The van der Waals surface area contributed by atoms with Crippen molar-refractivity contribution in [2.45, 2.75) is 44.7 Å². The summed E-state index contributed by atoms with van der Waals surface area (Å²) in [6.45, 7) is 4.23. The van der Waals surface area contributed by atoms with Gasteiger partial charge in [0.1, 0.15) is 0 Å². The molecule has 3 aromatic rings. The lowest BCUT2D eigenvalue weighted by atomic mass is 9.91. The predicted molar refractivity (Wildman–Crippen MR) is 95.2 cm³/mol. The third-order valence-corrected chi connectivity index (χ3v) is 5.12. The highest BCUT2D eigenvalue weighted by molar-refractivity contribution is 5.92. The zero-order valence-electron chi connectivity index (χ0n) is 15.8. The molecule has 8 nitrogen and oxygen atoms in total. The van der Waals surface area contributed by atoms with Crippen LogP contribution in [0.2, 0.25) is 0 Å². The van der Waals surface area contributed by atoms with Crippen molar-refractivity contribution < 1.29 is 22.5 Å². The van der Waals surface area contributed by atoms with E-state index in [1.807, 2.05) is 0 Å². The van der Waals surface area contributed by atoms with Crippen LogP contribution in [0.25, 0.3) is 11.1 Å². The number of rotatable bonds is 3. The topological polar surface area (TPSA) is 101 Å². The Morgan fingerprint density at radius 2 is 2.17 bits per heavy atom. The minimum absolute atomic E-state index is 0.123. The van der Waals surface area contributed by atoms with E-state index in [9.17, 15) is 18.0 Å². The second-order valence-corrected chi connectivity index (χ2v) is 7.44. The molecule has 1 amide bonds. The summed E-state index contributed by atoms with van der Waals surface area (Å²) in [4.78, 5) is 18.3. The van der Waals surface area contributed by atoms with E-state index in [0.29, 0.717) is 25.1 Å². The van der Waals surface area contributed by atoms with Crippen molar-refractivity contribution in [2.24, 2.45) is 0 Å². The average molecular weight is 408 g/mol. The van der Waals surface area contributed by atoms with Crippen molar-refractivity contribution in [1.29, 1.82) is 0 Å². The first-order chi connectivity index (χ1) is 13.8. The molecule has 1 atom stereocenters. The van der Waals surface area contributed by atoms with E-state index in [1.165, 1.54) is 6.20 Å². The Morgan fingerprint density at radius 1 is 1.38 bits per heavy atom. The zero-order valence-corrected chi connectivity index (χ0v) is 15.8. The van der Waals surface area contributed by atoms with E-state index in [1.54, 1.807) is 18.7 Å². The predicted octanol–water partition coefficient (Wildman–Crippen LogP) is 3.50. The fourth-order valence-electron chi connectivity index (χ4n) is 3.64. The van der Waals surface area contributed by atoms with E-state index < -0.39 is 17.7 Å². The number of pyridine rings is 1. The lowest BCUT2D eigenvalue weighted by Crippen LogP contribution is -2.39. The van der Waals surface area contributed by atoms with Crippen molar-refractivity contribution in [3.63, 3.8) is 0 Å². The van der Waals surface area contributed by atoms with E-state index in [-0.39, 0.29) is 40.9 Å². The lowest BCUT2D eigenvalue weighted by Gasteiger charge is -2.31.